The zero-order valence-corrected chi connectivity index (χ0v) is 11.3. The zero-order valence-electron chi connectivity index (χ0n) is 9.83. The molecule has 1 N–H and O–H groups in total. The van der Waals surface area contributed by atoms with E-state index in [4.69, 9.17) is 23.2 Å². The molecule has 1 atom stereocenters. The average Bonchev–Trinajstić information content (AvgIpc) is 2.82. The van der Waals surface area contributed by atoms with E-state index >= 15 is 0 Å². The van der Waals surface area contributed by atoms with Crippen molar-refractivity contribution in [2.45, 2.75) is 44.6 Å². The number of hydrogen-bond donors (Lipinski definition) is 1. The molecule has 1 aromatic carbocycles. The van der Waals surface area contributed by atoms with Gasteiger partial charge < -0.3 is 5.11 Å². The largest absolute Gasteiger partial charge is 0.388 e. The molecular formula is C14H18Cl2O. The molecule has 17 heavy (non-hydrogen) atoms. The van der Waals surface area contributed by atoms with Gasteiger partial charge in [-0.3, -0.25) is 0 Å². The first kappa shape index (κ1) is 13.2. The van der Waals surface area contributed by atoms with Crippen LogP contribution in [-0.2, 0) is 0 Å². The van der Waals surface area contributed by atoms with Gasteiger partial charge in [0.25, 0.3) is 0 Å². The SMILES string of the molecule is OC(CCC1CCCC1)c1cccc(Cl)c1Cl. The van der Waals surface area contributed by atoms with Crippen LogP contribution in [0.1, 0.15) is 50.2 Å². The first-order valence-electron chi connectivity index (χ1n) is 6.30. The Kier molecular flexibility index (Phi) is 4.72. The molecule has 1 saturated carbocycles. The van der Waals surface area contributed by atoms with E-state index in [0.29, 0.717) is 10.0 Å². The molecule has 0 radical (unpaired) electrons. The van der Waals surface area contributed by atoms with E-state index in [0.717, 1.165) is 24.3 Å². The van der Waals surface area contributed by atoms with Gasteiger partial charge in [0.15, 0.2) is 0 Å². The van der Waals surface area contributed by atoms with E-state index in [2.05, 4.69) is 0 Å². The van der Waals surface area contributed by atoms with Gasteiger partial charge >= 0.3 is 0 Å². The highest BCUT2D eigenvalue weighted by molar-refractivity contribution is 6.42. The lowest BCUT2D eigenvalue weighted by atomic mass is 9.96. The van der Waals surface area contributed by atoms with Gasteiger partial charge in [0.1, 0.15) is 0 Å². The van der Waals surface area contributed by atoms with Crippen LogP contribution < -0.4 is 0 Å². The Hall–Kier alpha value is -0.240. The van der Waals surface area contributed by atoms with Crippen LogP contribution in [0.4, 0.5) is 0 Å². The Morgan fingerprint density at radius 1 is 1.24 bits per heavy atom. The quantitative estimate of drug-likeness (QED) is 0.818. The summed E-state index contributed by atoms with van der Waals surface area (Å²) in [6, 6.07) is 5.44. The van der Waals surface area contributed by atoms with Gasteiger partial charge in [0.2, 0.25) is 0 Å². The van der Waals surface area contributed by atoms with E-state index < -0.39 is 6.10 Å². The molecule has 0 aliphatic heterocycles. The molecular weight excluding hydrogens is 255 g/mol. The lowest BCUT2D eigenvalue weighted by Gasteiger charge is -2.15. The Bertz CT molecular complexity index is 372. The van der Waals surface area contributed by atoms with Gasteiger partial charge in [-0.2, -0.15) is 0 Å². The third kappa shape index (κ3) is 3.37. The third-order valence-corrected chi connectivity index (χ3v) is 4.50. The van der Waals surface area contributed by atoms with Crippen molar-refractivity contribution < 1.29 is 5.11 Å². The maximum absolute atomic E-state index is 10.1. The minimum Gasteiger partial charge on any atom is -0.388 e. The smallest absolute Gasteiger partial charge is 0.0805 e. The first-order chi connectivity index (χ1) is 8.18. The van der Waals surface area contributed by atoms with Crippen LogP contribution in [0.25, 0.3) is 0 Å². The molecule has 0 amide bonds. The first-order valence-corrected chi connectivity index (χ1v) is 7.06. The maximum Gasteiger partial charge on any atom is 0.0805 e. The normalized spacial score (nSPS) is 18.5. The van der Waals surface area contributed by atoms with Gasteiger partial charge in [-0.15, -0.1) is 0 Å². The molecule has 3 heteroatoms. The highest BCUT2D eigenvalue weighted by Crippen LogP contribution is 2.35. The molecule has 1 aliphatic rings. The van der Waals surface area contributed by atoms with Crippen molar-refractivity contribution in [3.8, 4) is 0 Å². The standard InChI is InChI=1S/C14H18Cl2O/c15-12-7-3-6-11(14(12)16)13(17)9-8-10-4-1-2-5-10/h3,6-7,10,13,17H,1-2,4-5,8-9H2. The predicted octanol–water partition coefficient (Wildman–Crippen LogP) is 5.00. The molecule has 1 fully saturated rings. The van der Waals surface area contributed by atoms with E-state index in [9.17, 15) is 5.11 Å². The topological polar surface area (TPSA) is 20.2 Å². The number of aliphatic hydroxyl groups excluding tert-OH is 1. The number of hydrogen-bond acceptors (Lipinski definition) is 1. The van der Waals surface area contributed by atoms with Crippen molar-refractivity contribution in [1.29, 1.82) is 0 Å². The molecule has 1 aliphatic carbocycles. The second-order valence-electron chi connectivity index (χ2n) is 4.89. The fourth-order valence-electron chi connectivity index (χ4n) is 2.63. The molecule has 0 heterocycles. The summed E-state index contributed by atoms with van der Waals surface area (Å²) in [5.74, 6) is 0.794. The van der Waals surface area contributed by atoms with Gasteiger partial charge in [-0.25, -0.2) is 0 Å². The van der Waals surface area contributed by atoms with Crippen LogP contribution in [0.3, 0.4) is 0 Å². The van der Waals surface area contributed by atoms with E-state index in [1.54, 1.807) is 6.07 Å². The van der Waals surface area contributed by atoms with Crippen molar-refractivity contribution in [2.75, 3.05) is 0 Å². The average molecular weight is 273 g/mol. The summed E-state index contributed by atoms with van der Waals surface area (Å²) >= 11 is 12.0. The summed E-state index contributed by atoms with van der Waals surface area (Å²) in [4.78, 5) is 0. The summed E-state index contributed by atoms with van der Waals surface area (Å²) in [5.41, 5.74) is 0.761. The number of benzene rings is 1. The Balaban J connectivity index is 1.94. The number of halogens is 2. The van der Waals surface area contributed by atoms with Crippen molar-refractivity contribution in [2.24, 2.45) is 5.92 Å². The summed E-state index contributed by atoms with van der Waals surface area (Å²) in [6.45, 7) is 0. The molecule has 2 rings (SSSR count). The highest BCUT2D eigenvalue weighted by atomic mass is 35.5. The monoisotopic (exact) mass is 272 g/mol. The highest BCUT2D eigenvalue weighted by Gasteiger charge is 2.18. The Morgan fingerprint density at radius 2 is 1.94 bits per heavy atom. The Morgan fingerprint density at radius 3 is 2.65 bits per heavy atom. The van der Waals surface area contributed by atoms with Crippen LogP contribution >= 0.6 is 23.2 Å². The minimum atomic E-state index is -0.484. The van der Waals surface area contributed by atoms with Gasteiger partial charge in [0, 0.05) is 5.56 Å². The van der Waals surface area contributed by atoms with Crippen LogP contribution in [-0.4, -0.2) is 5.11 Å². The van der Waals surface area contributed by atoms with Gasteiger partial charge in [-0.05, 0) is 24.8 Å². The molecule has 1 aromatic rings. The number of aliphatic hydroxyl groups is 1. The summed E-state index contributed by atoms with van der Waals surface area (Å²) in [5, 5.41) is 11.2. The Labute approximate surface area is 113 Å². The third-order valence-electron chi connectivity index (χ3n) is 3.66. The number of rotatable bonds is 4. The molecule has 1 nitrogen and oxygen atoms in total. The molecule has 0 saturated heterocycles. The zero-order chi connectivity index (χ0) is 12.3. The summed E-state index contributed by atoms with van der Waals surface area (Å²) in [6.07, 6.45) is 6.71. The van der Waals surface area contributed by atoms with Gasteiger partial charge in [-0.1, -0.05) is 61.0 Å². The van der Waals surface area contributed by atoms with Crippen LogP contribution in [0, 0.1) is 5.92 Å². The fraction of sp³-hybridized carbons (Fsp3) is 0.571. The summed E-state index contributed by atoms with van der Waals surface area (Å²) in [7, 11) is 0. The van der Waals surface area contributed by atoms with E-state index in [1.807, 2.05) is 12.1 Å². The van der Waals surface area contributed by atoms with Crippen LogP contribution in [0.15, 0.2) is 18.2 Å². The predicted molar refractivity (Wildman–Crippen MR) is 72.6 cm³/mol. The minimum absolute atomic E-state index is 0.484. The lowest BCUT2D eigenvalue weighted by molar-refractivity contribution is 0.157. The van der Waals surface area contributed by atoms with E-state index in [-0.39, 0.29) is 0 Å². The second-order valence-corrected chi connectivity index (χ2v) is 5.67. The fourth-order valence-corrected chi connectivity index (χ4v) is 3.06. The molecule has 0 aromatic heterocycles. The summed E-state index contributed by atoms with van der Waals surface area (Å²) < 4.78 is 0. The van der Waals surface area contributed by atoms with Crippen molar-refractivity contribution >= 4 is 23.2 Å². The maximum atomic E-state index is 10.1. The van der Waals surface area contributed by atoms with Crippen molar-refractivity contribution in [3.05, 3.63) is 33.8 Å². The van der Waals surface area contributed by atoms with Crippen molar-refractivity contribution in [3.63, 3.8) is 0 Å². The second kappa shape index (κ2) is 6.08. The van der Waals surface area contributed by atoms with Crippen LogP contribution in [0.5, 0.6) is 0 Å². The molecule has 0 spiro atoms. The van der Waals surface area contributed by atoms with E-state index in [1.165, 1.54) is 25.7 Å². The molecule has 0 bridgehead atoms. The molecule has 1 unspecified atom stereocenters. The van der Waals surface area contributed by atoms with Crippen LogP contribution in [0.2, 0.25) is 10.0 Å². The van der Waals surface area contributed by atoms with Crippen molar-refractivity contribution in [1.82, 2.24) is 0 Å². The lowest BCUT2D eigenvalue weighted by Crippen LogP contribution is -2.02. The molecule has 94 valence electrons. The van der Waals surface area contributed by atoms with Gasteiger partial charge in [0.05, 0.1) is 16.1 Å².